The highest BCUT2D eigenvalue weighted by Gasteiger charge is 2.20. The molecule has 5 rings (SSSR count). The molecule has 0 aliphatic rings. The minimum Gasteiger partial charge on any atom is -0.692 e. The standard InChI is InChI=1S/C18H10ClN5O6.C6H5N3O/c19-13-2-4-14(5-3-13)20-21-17-6-1-11(9-18(17)24(29)30)12-7-15(22(25)26)10-16(8-12)23(27)28;10-9-6-4-2-1-3-5(6)7-8-9/h1-10H;1-4,8H. The van der Waals surface area contributed by atoms with E-state index in [0.717, 1.165) is 24.3 Å². The third kappa shape index (κ3) is 6.35. The topological polar surface area (TPSA) is 210 Å². The van der Waals surface area contributed by atoms with E-state index in [2.05, 4.69) is 20.5 Å². The van der Waals surface area contributed by atoms with Crippen molar-refractivity contribution in [3.05, 3.63) is 126 Å². The number of nitro benzene ring substituents is 3. The van der Waals surface area contributed by atoms with E-state index < -0.39 is 31.8 Å². The summed E-state index contributed by atoms with van der Waals surface area (Å²) in [6.07, 6.45) is 0. The number of halogens is 1. The van der Waals surface area contributed by atoms with E-state index in [9.17, 15) is 35.6 Å². The Bertz CT molecular complexity index is 1740. The molecule has 1 N–H and O–H groups in total. The number of fused-ring (bicyclic) bond motifs is 1. The van der Waals surface area contributed by atoms with Crippen LogP contribution in [0, 0.1) is 35.6 Å². The molecule has 0 bridgehead atoms. The smallest absolute Gasteiger partial charge is 0.297 e. The van der Waals surface area contributed by atoms with Gasteiger partial charge >= 0.3 is 0 Å². The summed E-state index contributed by atoms with van der Waals surface area (Å²) in [6.45, 7) is 0. The Hall–Kier alpha value is -5.83. The molecule has 4 aromatic carbocycles. The van der Waals surface area contributed by atoms with Crippen LogP contribution in [0.3, 0.4) is 0 Å². The van der Waals surface area contributed by atoms with Crippen molar-refractivity contribution in [3.63, 3.8) is 0 Å². The highest BCUT2D eigenvalue weighted by Crippen LogP contribution is 2.36. The molecule has 40 heavy (non-hydrogen) atoms. The summed E-state index contributed by atoms with van der Waals surface area (Å²) in [6, 6.07) is 20.3. The lowest BCUT2D eigenvalue weighted by molar-refractivity contribution is -0.644. The SMILES string of the molecule is O=[N+]([O-])c1cc(-c2ccc(N=Nc3ccc(Cl)cc3)c([N+](=O)[O-])c2)cc([N+](=O)[O-])c1.[O-][n+]1[nH]nc2ccccc21. The summed E-state index contributed by atoms with van der Waals surface area (Å²) in [7, 11) is 0. The maximum absolute atomic E-state index is 11.5. The van der Waals surface area contributed by atoms with Crippen LogP contribution in [0.5, 0.6) is 0 Å². The fourth-order valence-corrected chi connectivity index (χ4v) is 3.54. The number of rotatable bonds is 6. The predicted molar refractivity (Wildman–Crippen MR) is 143 cm³/mol. The molecule has 0 fully saturated rings. The fourth-order valence-electron chi connectivity index (χ4n) is 3.41. The van der Waals surface area contributed by atoms with Crippen LogP contribution in [0.4, 0.5) is 28.4 Å². The van der Waals surface area contributed by atoms with Gasteiger partial charge in [0.25, 0.3) is 17.1 Å². The number of hydrogen-bond acceptors (Lipinski definition) is 10. The van der Waals surface area contributed by atoms with Crippen LogP contribution >= 0.6 is 11.6 Å². The van der Waals surface area contributed by atoms with Gasteiger partial charge in [-0.3, -0.25) is 30.3 Å². The number of azo groups is 1. The van der Waals surface area contributed by atoms with E-state index >= 15 is 0 Å². The predicted octanol–water partition coefficient (Wildman–Crippen LogP) is 6.34. The lowest BCUT2D eigenvalue weighted by atomic mass is 10.0. The molecule has 5 aromatic rings. The van der Waals surface area contributed by atoms with Crippen LogP contribution in [0.25, 0.3) is 22.2 Å². The molecule has 0 radical (unpaired) electrons. The second kappa shape index (κ2) is 11.7. The lowest BCUT2D eigenvalue weighted by Gasteiger charge is -2.04. The van der Waals surface area contributed by atoms with E-state index in [1.165, 1.54) is 12.1 Å². The van der Waals surface area contributed by atoms with Crippen molar-refractivity contribution in [2.45, 2.75) is 0 Å². The van der Waals surface area contributed by atoms with Crippen molar-refractivity contribution in [3.8, 4) is 11.1 Å². The normalized spacial score (nSPS) is 10.7. The number of nitrogens with zero attached hydrogens (tertiary/aromatic N) is 7. The minimum absolute atomic E-state index is 0.0568. The molecule has 0 aliphatic carbocycles. The van der Waals surface area contributed by atoms with Crippen molar-refractivity contribution < 1.29 is 19.6 Å². The van der Waals surface area contributed by atoms with Gasteiger partial charge in [-0.1, -0.05) is 35.0 Å². The van der Waals surface area contributed by atoms with Crippen molar-refractivity contribution in [1.29, 1.82) is 0 Å². The number of aromatic amines is 1. The average molecular weight is 563 g/mol. The molecule has 0 saturated carbocycles. The van der Waals surface area contributed by atoms with E-state index in [0.29, 0.717) is 26.6 Å². The number of hydrogen-bond donors (Lipinski definition) is 1. The Morgan fingerprint density at radius 2 is 1.40 bits per heavy atom. The summed E-state index contributed by atoms with van der Waals surface area (Å²) in [5.41, 5.74) is 0.464. The fraction of sp³-hybridized carbons (Fsp3) is 0. The number of benzene rings is 4. The number of nitro groups is 3. The van der Waals surface area contributed by atoms with Crippen LogP contribution in [0.15, 0.2) is 95.2 Å². The average Bonchev–Trinajstić information content (AvgIpc) is 3.33. The van der Waals surface area contributed by atoms with E-state index in [4.69, 9.17) is 11.6 Å². The van der Waals surface area contributed by atoms with E-state index in [-0.39, 0.29) is 16.8 Å². The Morgan fingerprint density at radius 1 is 0.750 bits per heavy atom. The zero-order valence-corrected chi connectivity index (χ0v) is 20.7. The molecule has 200 valence electrons. The van der Waals surface area contributed by atoms with E-state index in [1.54, 1.807) is 42.5 Å². The van der Waals surface area contributed by atoms with Crippen molar-refractivity contribution in [2.24, 2.45) is 10.2 Å². The van der Waals surface area contributed by atoms with Gasteiger partial charge in [0.05, 0.1) is 26.5 Å². The summed E-state index contributed by atoms with van der Waals surface area (Å²) in [5.74, 6) is 0. The zero-order chi connectivity index (χ0) is 28.8. The molecule has 0 amide bonds. The van der Waals surface area contributed by atoms with Crippen LogP contribution in [0.2, 0.25) is 5.02 Å². The number of nitrogens with one attached hydrogen (secondary N) is 1. The van der Waals surface area contributed by atoms with Gasteiger partial charge in [0.15, 0.2) is 5.69 Å². The Balaban J connectivity index is 0.000000307. The molecule has 1 aromatic heterocycles. The van der Waals surface area contributed by atoms with Gasteiger partial charge in [-0.2, -0.15) is 9.96 Å². The largest absolute Gasteiger partial charge is 0.692 e. The monoisotopic (exact) mass is 562 g/mol. The second-order valence-corrected chi connectivity index (χ2v) is 8.32. The van der Waals surface area contributed by atoms with Gasteiger partial charge in [0, 0.05) is 28.3 Å². The van der Waals surface area contributed by atoms with Gasteiger partial charge in [-0.15, -0.1) is 5.11 Å². The third-order valence-electron chi connectivity index (χ3n) is 5.29. The number of H-pyrrole nitrogens is 1. The maximum Gasteiger partial charge on any atom is 0.297 e. The number of aromatic nitrogens is 3. The van der Waals surface area contributed by atoms with Gasteiger partial charge < -0.3 is 5.21 Å². The molecule has 0 aliphatic heterocycles. The lowest BCUT2D eigenvalue weighted by Crippen LogP contribution is -2.27. The molecule has 0 spiro atoms. The molecule has 16 heteroatoms. The number of non-ortho nitro benzene ring substituents is 2. The Morgan fingerprint density at radius 3 is 2.00 bits per heavy atom. The first-order chi connectivity index (χ1) is 19.1. The third-order valence-corrected chi connectivity index (χ3v) is 5.54. The first-order valence-electron chi connectivity index (χ1n) is 11.0. The van der Waals surface area contributed by atoms with Gasteiger partial charge in [-0.05, 0) is 53.6 Å². The highest BCUT2D eigenvalue weighted by atomic mass is 35.5. The highest BCUT2D eigenvalue weighted by molar-refractivity contribution is 6.30. The van der Waals surface area contributed by atoms with E-state index in [1.807, 2.05) is 6.07 Å². The molecule has 0 saturated heterocycles. The maximum atomic E-state index is 11.5. The first kappa shape index (κ1) is 27.2. The van der Waals surface area contributed by atoms with Crippen LogP contribution in [-0.2, 0) is 0 Å². The van der Waals surface area contributed by atoms with Crippen molar-refractivity contribution in [1.82, 2.24) is 10.3 Å². The van der Waals surface area contributed by atoms with Crippen LogP contribution < -0.4 is 4.85 Å². The quantitative estimate of drug-likeness (QED) is 0.0808. The molecular formula is C24H15ClN8O7. The molecule has 0 unspecified atom stereocenters. The van der Waals surface area contributed by atoms with Gasteiger partial charge in [0.2, 0.25) is 11.0 Å². The van der Waals surface area contributed by atoms with Crippen LogP contribution in [-0.4, -0.2) is 25.1 Å². The summed E-state index contributed by atoms with van der Waals surface area (Å²) in [4.78, 5) is 32.0. The second-order valence-electron chi connectivity index (χ2n) is 7.88. The summed E-state index contributed by atoms with van der Waals surface area (Å²) in [5, 5.41) is 58.7. The zero-order valence-electron chi connectivity index (χ0n) is 19.9. The molecule has 1 heterocycles. The van der Waals surface area contributed by atoms with Crippen molar-refractivity contribution in [2.75, 3.05) is 0 Å². The van der Waals surface area contributed by atoms with Gasteiger partial charge in [0.1, 0.15) is 0 Å². The Kier molecular flexibility index (Phi) is 7.96. The molecule has 0 atom stereocenters. The molecular weight excluding hydrogens is 548 g/mol. The first-order valence-corrected chi connectivity index (χ1v) is 11.4. The summed E-state index contributed by atoms with van der Waals surface area (Å²) >= 11 is 5.79. The van der Waals surface area contributed by atoms with Crippen molar-refractivity contribution >= 4 is 51.1 Å². The Labute approximate surface area is 228 Å². The van der Waals surface area contributed by atoms with Gasteiger partial charge in [-0.25, -0.2) is 0 Å². The number of para-hydroxylation sites is 2. The molecule has 15 nitrogen and oxygen atoms in total. The summed E-state index contributed by atoms with van der Waals surface area (Å²) < 4.78 is 0. The van der Waals surface area contributed by atoms with Crippen LogP contribution in [0.1, 0.15) is 0 Å². The minimum atomic E-state index is -0.778.